The number of hydrogen-bond donors (Lipinski definition) is 0. The number of benzene rings is 3. The van der Waals surface area contributed by atoms with Gasteiger partial charge in [-0.2, -0.15) is 4.31 Å². The molecule has 1 aliphatic heterocycles. The van der Waals surface area contributed by atoms with E-state index >= 15 is 0 Å². The van der Waals surface area contributed by atoms with Gasteiger partial charge in [0, 0.05) is 26.2 Å². The summed E-state index contributed by atoms with van der Waals surface area (Å²) in [5.41, 5.74) is 5.49. The maximum Gasteiger partial charge on any atom is 0.243 e. The van der Waals surface area contributed by atoms with Crippen molar-refractivity contribution < 1.29 is 8.42 Å². The van der Waals surface area contributed by atoms with Gasteiger partial charge in [0.05, 0.1) is 10.9 Å². The Morgan fingerprint density at radius 1 is 0.677 bits per heavy atom. The van der Waals surface area contributed by atoms with Crippen LogP contribution in [-0.2, 0) is 10.0 Å². The summed E-state index contributed by atoms with van der Waals surface area (Å²) in [4.78, 5) is 2.83. The van der Waals surface area contributed by atoms with Crippen LogP contribution in [0.2, 0.25) is 0 Å². The highest BCUT2D eigenvalue weighted by Gasteiger charge is 2.33. The van der Waals surface area contributed by atoms with Crippen LogP contribution >= 0.6 is 0 Å². The van der Waals surface area contributed by atoms with E-state index in [0.29, 0.717) is 31.1 Å². The lowest BCUT2D eigenvalue weighted by molar-refractivity contribution is 0.156. The minimum Gasteiger partial charge on any atom is -0.290 e. The molecule has 1 aliphatic rings. The van der Waals surface area contributed by atoms with Crippen molar-refractivity contribution in [2.45, 2.75) is 31.7 Å². The van der Waals surface area contributed by atoms with Crippen molar-refractivity contribution >= 4 is 10.0 Å². The fraction of sp³-hybridized carbons (Fsp3) is 0.308. The molecule has 1 saturated heterocycles. The van der Waals surface area contributed by atoms with E-state index in [-0.39, 0.29) is 6.04 Å². The van der Waals surface area contributed by atoms with Crippen LogP contribution in [0.4, 0.5) is 0 Å². The molecule has 162 valence electrons. The largest absolute Gasteiger partial charge is 0.290 e. The molecule has 4 rings (SSSR count). The lowest BCUT2D eigenvalue weighted by Crippen LogP contribution is -2.49. The van der Waals surface area contributed by atoms with Crippen LogP contribution in [0.15, 0.2) is 77.7 Å². The Labute approximate surface area is 186 Å². The molecule has 0 aliphatic carbocycles. The molecule has 1 heterocycles. The van der Waals surface area contributed by atoms with E-state index in [1.54, 1.807) is 10.4 Å². The molecule has 1 fully saturated rings. The fourth-order valence-corrected chi connectivity index (χ4v) is 6.14. The van der Waals surface area contributed by atoms with Gasteiger partial charge in [0.15, 0.2) is 0 Å². The van der Waals surface area contributed by atoms with Crippen molar-refractivity contribution in [2.24, 2.45) is 0 Å². The predicted molar refractivity (Wildman–Crippen MR) is 126 cm³/mol. The average Bonchev–Trinajstić information content (AvgIpc) is 2.79. The summed E-state index contributed by atoms with van der Waals surface area (Å²) in [7, 11) is -3.50. The van der Waals surface area contributed by atoms with Crippen LogP contribution in [0, 0.1) is 20.8 Å². The normalized spacial score (nSPS) is 16.0. The van der Waals surface area contributed by atoms with Gasteiger partial charge in [-0.25, -0.2) is 8.42 Å². The Morgan fingerprint density at radius 3 is 1.71 bits per heavy atom. The zero-order chi connectivity index (χ0) is 22.0. The molecule has 0 aromatic heterocycles. The topological polar surface area (TPSA) is 40.6 Å². The van der Waals surface area contributed by atoms with Gasteiger partial charge < -0.3 is 0 Å². The van der Waals surface area contributed by atoms with Crippen LogP contribution in [-0.4, -0.2) is 43.8 Å². The summed E-state index contributed by atoms with van der Waals surface area (Å²) in [6, 6.07) is 24.7. The van der Waals surface area contributed by atoms with Gasteiger partial charge >= 0.3 is 0 Å². The zero-order valence-electron chi connectivity index (χ0n) is 18.5. The number of rotatable bonds is 5. The third-order valence-corrected chi connectivity index (χ3v) is 8.54. The van der Waals surface area contributed by atoms with Crippen LogP contribution in [0.25, 0.3) is 0 Å². The second-order valence-corrected chi connectivity index (χ2v) is 10.2. The first kappa shape index (κ1) is 21.8. The molecule has 0 amide bonds. The molecule has 3 aromatic rings. The van der Waals surface area contributed by atoms with Gasteiger partial charge in [-0.3, -0.25) is 4.90 Å². The number of piperazine rings is 1. The van der Waals surface area contributed by atoms with Crippen molar-refractivity contribution in [3.63, 3.8) is 0 Å². The van der Waals surface area contributed by atoms with E-state index in [2.05, 4.69) is 53.4 Å². The highest BCUT2D eigenvalue weighted by molar-refractivity contribution is 7.89. The van der Waals surface area contributed by atoms with E-state index in [1.807, 2.05) is 39.0 Å². The molecule has 0 spiro atoms. The quantitative estimate of drug-likeness (QED) is 0.584. The Bertz CT molecular complexity index is 1100. The van der Waals surface area contributed by atoms with Crippen molar-refractivity contribution in [1.29, 1.82) is 0 Å². The average molecular weight is 435 g/mol. The maximum absolute atomic E-state index is 13.4. The maximum atomic E-state index is 13.4. The van der Waals surface area contributed by atoms with Gasteiger partial charge in [-0.15, -0.1) is 0 Å². The number of aryl methyl sites for hydroxylation is 1. The van der Waals surface area contributed by atoms with E-state index in [1.165, 1.54) is 11.1 Å². The molecule has 0 N–H and O–H groups in total. The lowest BCUT2D eigenvalue weighted by Gasteiger charge is -2.39. The summed E-state index contributed by atoms with van der Waals surface area (Å²) in [6.07, 6.45) is 0. The zero-order valence-corrected chi connectivity index (χ0v) is 19.3. The molecule has 31 heavy (non-hydrogen) atoms. The Hall–Kier alpha value is -2.47. The second kappa shape index (κ2) is 8.95. The molecule has 0 radical (unpaired) electrons. The minimum absolute atomic E-state index is 0.121. The number of sulfonamides is 1. The molecule has 0 bridgehead atoms. The third kappa shape index (κ3) is 4.31. The third-order valence-electron chi connectivity index (χ3n) is 6.50. The monoisotopic (exact) mass is 434 g/mol. The lowest BCUT2D eigenvalue weighted by atomic mass is 9.96. The first-order chi connectivity index (χ1) is 14.9. The van der Waals surface area contributed by atoms with Gasteiger partial charge in [0.1, 0.15) is 0 Å². The Kier molecular flexibility index (Phi) is 6.28. The SMILES string of the molecule is Cc1ccc(S(=O)(=O)N2CCN(C(c3ccccc3)c3ccccc3)CC2)c(C)c1C. The van der Waals surface area contributed by atoms with Crippen molar-refractivity contribution in [1.82, 2.24) is 9.21 Å². The number of nitrogens with zero attached hydrogens (tertiary/aromatic N) is 2. The van der Waals surface area contributed by atoms with Gasteiger partial charge in [0.2, 0.25) is 10.0 Å². The highest BCUT2D eigenvalue weighted by Crippen LogP contribution is 2.31. The van der Waals surface area contributed by atoms with E-state index < -0.39 is 10.0 Å². The molecule has 3 aromatic carbocycles. The molecule has 0 unspecified atom stereocenters. The van der Waals surface area contributed by atoms with Crippen LogP contribution in [0.5, 0.6) is 0 Å². The summed E-state index contributed by atoms with van der Waals surface area (Å²) in [6.45, 7) is 8.29. The summed E-state index contributed by atoms with van der Waals surface area (Å²) in [5, 5.41) is 0. The fourth-order valence-electron chi connectivity index (χ4n) is 4.44. The van der Waals surface area contributed by atoms with E-state index in [0.717, 1.165) is 16.7 Å². The van der Waals surface area contributed by atoms with Gasteiger partial charge in [-0.1, -0.05) is 66.7 Å². The Balaban J connectivity index is 1.58. The smallest absolute Gasteiger partial charge is 0.243 e. The standard InChI is InChI=1S/C26H30N2O2S/c1-20-14-15-25(22(3)21(20)2)31(29,30)28-18-16-27(17-19-28)26(23-10-6-4-7-11-23)24-12-8-5-9-13-24/h4-15,26H,16-19H2,1-3H3. The predicted octanol–water partition coefficient (Wildman–Crippen LogP) is 4.71. The van der Waals surface area contributed by atoms with Gasteiger partial charge in [0.25, 0.3) is 0 Å². The van der Waals surface area contributed by atoms with Crippen LogP contribution < -0.4 is 0 Å². The van der Waals surface area contributed by atoms with Crippen LogP contribution in [0.1, 0.15) is 33.9 Å². The summed E-state index contributed by atoms with van der Waals surface area (Å²) >= 11 is 0. The van der Waals surface area contributed by atoms with Gasteiger partial charge in [-0.05, 0) is 54.7 Å². The summed E-state index contributed by atoms with van der Waals surface area (Å²) < 4.78 is 28.4. The van der Waals surface area contributed by atoms with Crippen molar-refractivity contribution in [3.8, 4) is 0 Å². The molecule has 5 heteroatoms. The van der Waals surface area contributed by atoms with Crippen molar-refractivity contribution in [3.05, 3.63) is 101 Å². The molecular weight excluding hydrogens is 404 g/mol. The van der Waals surface area contributed by atoms with Crippen LogP contribution in [0.3, 0.4) is 0 Å². The van der Waals surface area contributed by atoms with E-state index in [9.17, 15) is 8.42 Å². The Morgan fingerprint density at radius 2 is 1.19 bits per heavy atom. The molecule has 0 saturated carbocycles. The first-order valence-corrected chi connectivity index (χ1v) is 12.2. The minimum atomic E-state index is -3.50. The van der Waals surface area contributed by atoms with E-state index in [4.69, 9.17) is 0 Å². The first-order valence-electron chi connectivity index (χ1n) is 10.8. The second-order valence-electron chi connectivity index (χ2n) is 8.29. The van der Waals surface area contributed by atoms with Crippen molar-refractivity contribution in [2.75, 3.05) is 26.2 Å². The highest BCUT2D eigenvalue weighted by atomic mass is 32.2. The number of hydrogen-bond acceptors (Lipinski definition) is 3. The summed E-state index contributed by atoms with van der Waals surface area (Å²) in [5.74, 6) is 0. The molecular formula is C26H30N2O2S. The molecule has 0 atom stereocenters. The molecule has 4 nitrogen and oxygen atoms in total.